The molecule has 1 heterocycles. The van der Waals surface area contributed by atoms with Gasteiger partial charge in [0.25, 0.3) is 0 Å². The SMILES string of the molecule is CC1(C)CCCN1CC(O)c1ccc(F)cc1. The molecule has 3 heteroatoms. The molecule has 1 unspecified atom stereocenters. The fourth-order valence-electron chi connectivity index (χ4n) is 2.50. The van der Waals surface area contributed by atoms with Crippen molar-refractivity contribution in [2.75, 3.05) is 13.1 Å². The number of likely N-dealkylation sites (tertiary alicyclic amines) is 1. The van der Waals surface area contributed by atoms with Gasteiger partial charge in [0, 0.05) is 12.1 Å². The van der Waals surface area contributed by atoms with Crippen LogP contribution in [-0.2, 0) is 0 Å². The summed E-state index contributed by atoms with van der Waals surface area (Å²) in [5.74, 6) is -0.262. The number of hydrogen-bond acceptors (Lipinski definition) is 2. The predicted molar refractivity (Wildman–Crippen MR) is 66.2 cm³/mol. The minimum atomic E-state index is -0.534. The molecule has 0 radical (unpaired) electrons. The minimum Gasteiger partial charge on any atom is -0.387 e. The van der Waals surface area contributed by atoms with Crippen LogP contribution in [0.2, 0.25) is 0 Å². The molecule has 0 amide bonds. The van der Waals surface area contributed by atoms with E-state index in [0.717, 1.165) is 12.1 Å². The average molecular weight is 237 g/mol. The third-order valence-corrected chi connectivity index (χ3v) is 3.72. The first-order chi connectivity index (χ1) is 7.99. The third kappa shape index (κ3) is 2.85. The maximum Gasteiger partial charge on any atom is 0.123 e. The van der Waals surface area contributed by atoms with E-state index in [-0.39, 0.29) is 11.4 Å². The van der Waals surface area contributed by atoms with Crippen LogP contribution in [0, 0.1) is 5.82 Å². The number of aliphatic hydroxyl groups is 1. The van der Waals surface area contributed by atoms with E-state index in [2.05, 4.69) is 18.7 Å². The Balaban J connectivity index is 2.01. The maximum atomic E-state index is 12.8. The van der Waals surface area contributed by atoms with Gasteiger partial charge in [-0.25, -0.2) is 4.39 Å². The van der Waals surface area contributed by atoms with Crippen molar-refractivity contribution in [2.45, 2.75) is 38.3 Å². The summed E-state index contributed by atoms with van der Waals surface area (Å²) in [7, 11) is 0. The molecule has 2 rings (SSSR count). The molecule has 2 nitrogen and oxygen atoms in total. The number of halogens is 1. The molecule has 0 spiro atoms. The molecule has 1 N–H and O–H groups in total. The molecule has 0 aromatic heterocycles. The fourth-order valence-corrected chi connectivity index (χ4v) is 2.50. The van der Waals surface area contributed by atoms with Gasteiger partial charge >= 0.3 is 0 Å². The van der Waals surface area contributed by atoms with Crippen molar-refractivity contribution in [3.05, 3.63) is 35.6 Å². The van der Waals surface area contributed by atoms with Crippen LogP contribution in [-0.4, -0.2) is 28.6 Å². The van der Waals surface area contributed by atoms with Crippen LogP contribution >= 0.6 is 0 Å². The molecule has 94 valence electrons. The summed E-state index contributed by atoms with van der Waals surface area (Å²) in [6.45, 7) is 6.07. The van der Waals surface area contributed by atoms with Gasteiger partial charge < -0.3 is 5.11 Å². The minimum absolute atomic E-state index is 0.168. The molecule has 0 saturated carbocycles. The quantitative estimate of drug-likeness (QED) is 0.873. The first kappa shape index (κ1) is 12.5. The zero-order valence-corrected chi connectivity index (χ0v) is 10.5. The van der Waals surface area contributed by atoms with Gasteiger partial charge in [-0.1, -0.05) is 12.1 Å². The lowest BCUT2D eigenvalue weighted by Gasteiger charge is -2.33. The lowest BCUT2D eigenvalue weighted by atomic mass is 10.0. The molecule has 0 bridgehead atoms. The largest absolute Gasteiger partial charge is 0.387 e. The first-order valence-corrected chi connectivity index (χ1v) is 6.18. The Morgan fingerprint density at radius 3 is 2.53 bits per heavy atom. The lowest BCUT2D eigenvalue weighted by Crippen LogP contribution is -2.40. The van der Waals surface area contributed by atoms with Gasteiger partial charge in [0.05, 0.1) is 6.10 Å². The average Bonchev–Trinajstić information content (AvgIpc) is 2.59. The molecular formula is C14H20FNO. The molecule has 1 aromatic rings. The van der Waals surface area contributed by atoms with Gasteiger partial charge in [-0.05, 0) is 50.9 Å². The number of β-amino-alcohol motifs (C(OH)–C–C–N with tert-alkyl or cyclic N) is 1. The Morgan fingerprint density at radius 1 is 1.35 bits per heavy atom. The van der Waals surface area contributed by atoms with E-state index >= 15 is 0 Å². The van der Waals surface area contributed by atoms with E-state index in [4.69, 9.17) is 0 Å². The molecule has 1 aliphatic heterocycles. The van der Waals surface area contributed by atoms with E-state index < -0.39 is 6.10 Å². The van der Waals surface area contributed by atoms with E-state index in [1.54, 1.807) is 12.1 Å². The predicted octanol–water partition coefficient (Wildman–Crippen LogP) is 2.73. The standard InChI is InChI=1S/C14H20FNO/c1-14(2)8-3-9-16(14)10-13(17)11-4-6-12(15)7-5-11/h4-7,13,17H,3,8-10H2,1-2H3. The second-order valence-corrected chi connectivity index (χ2v) is 5.43. The van der Waals surface area contributed by atoms with Crippen LogP contribution in [0.15, 0.2) is 24.3 Å². The Hall–Kier alpha value is -0.930. The van der Waals surface area contributed by atoms with Gasteiger partial charge in [-0.3, -0.25) is 4.90 Å². The highest BCUT2D eigenvalue weighted by atomic mass is 19.1. The zero-order valence-electron chi connectivity index (χ0n) is 10.5. The highest BCUT2D eigenvalue weighted by Crippen LogP contribution is 2.30. The summed E-state index contributed by atoms with van der Waals surface area (Å²) in [5, 5.41) is 10.1. The van der Waals surface area contributed by atoms with Crippen molar-refractivity contribution in [2.24, 2.45) is 0 Å². The zero-order chi connectivity index (χ0) is 12.5. The Labute approximate surface area is 102 Å². The normalized spacial score (nSPS) is 21.6. The molecule has 17 heavy (non-hydrogen) atoms. The maximum absolute atomic E-state index is 12.8. The van der Waals surface area contributed by atoms with Crippen LogP contribution in [0.25, 0.3) is 0 Å². The van der Waals surface area contributed by atoms with Gasteiger partial charge in [0.2, 0.25) is 0 Å². The molecule has 1 aromatic carbocycles. The molecule has 1 fully saturated rings. The summed E-state index contributed by atoms with van der Waals surface area (Å²) in [5.41, 5.74) is 0.954. The second-order valence-electron chi connectivity index (χ2n) is 5.43. The van der Waals surface area contributed by atoms with E-state index in [1.165, 1.54) is 25.0 Å². The fraction of sp³-hybridized carbons (Fsp3) is 0.571. The topological polar surface area (TPSA) is 23.5 Å². The van der Waals surface area contributed by atoms with Gasteiger partial charge in [-0.2, -0.15) is 0 Å². The molecule has 1 atom stereocenters. The van der Waals surface area contributed by atoms with Crippen LogP contribution < -0.4 is 0 Å². The Morgan fingerprint density at radius 2 is 2.00 bits per heavy atom. The molecule has 1 aliphatic rings. The van der Waals surface area contributed by atoms with Crippen molar-refractivity contribution in [1.29, 1.82) is 0 Å². The highest BCUT2D eigenvalue weighted by Gasteiger charge is 2.32. The summed E-state index contributed by atoms with van der Waals surface area (Å²) in [6, 6.07) is 6.10. The van der Waals surface area contributed by atoms with E-state index in [0.29, 0.717) is 6.54 Å². The van der Waals surface area contributed by atoms with E-state index in [9.17, 15) is 9.50 Å². The number of rotatable bonds is 3. The summed E-state index contributed by atoms with van der Waals surface area (Å²) in [6.07, 6.45) is 1.82. The highest BCUT2D eigenvalue weighted by molar-refractivity contribution is 5.19. The van der Waals surface area contributed by atoms with Crippen molar-refractivity contribution in [1.82, 2.24) is 4.90 Å². The van der Waals surface area contributed by atoms with Gasteiger partial charge in [0.15, 0.2) is 0 Å². The van der Waals surface area contributed by atoms with Crippen molar-refractivity contribution >= 4 is 0 Å². The summed E-state index contributed by atoms with van der Waals surface area (Å²) in [4.78, 5) is 2.31. The van der Waals surface area contributed by atoms with Crippen LogP contribution in [0.4, 0.5) is 4.39 Å². The first-order valence-electron chi connectivity index (χ1n) is 6.18. The van der Waals surface area contributed by atoms with Crippen LogP contribution in [0.1, 0.15) is 38.4 Å². The van der Waals surface area contributed by atoms with Crippen molar-refractivity contribution < 1.29 is 9.50 Å². The number of nitrogens with zero attached hydrogens (tertiary/aromatic N) is 1. The van der Waals surface area contributed by atoms with Crippen molar-refractivity contribution in [3.63, 3.8) is 0 Å². The number of benzene rings is 1. The summed E-state index contributed by atoms with van der Waals surface area (Å²) < 4.78 is 12.8. The number of aliphatic hydroxyl groups excluding tert-OH is 1. The molecule has 1 saturated heterocycles. The Kier molecular flexibility index (Phi) is 3.50. The monoisotopic (exact) mass is 237 g/mol. The third-order valence-electron chi connectivity index (χ3n) is 3.72. The molecular weight excluding hydrogens is 217 g/mol. The smallest absolute Gasteiger partial charge is 0.123 e. The van der Waals surface area contributed by atoms with E-state index in [1.807, 2.05) is 0 Å². The van der Waals surface area contributed by atoms with Crippen LogP contribution in [0.5, 0.6) is 0 Å². The molecule has 0 aliphatic carbocycles. The number of hydrogen-bond donors (Lipinski definition) is 1. The second kappa shape index (κ2) is 4.75. The summed E-state index contributed by atoms with van der Waals surface area (Å²) >= 11 is 0. The van der Waals surface area contributed by atoms with Crippen LogP contribution in [0.3, 0.4) is 0 Å². The van der Waals surface area contributed by atoms with Gasteiger partial charge in [0.1, 0.15) is 5.82 Å². The van der Waals surface area contributed by atoms with Gasteiger partial charge in [-0.15, -0.1) is 0 Å². The Bertz CT molecular complexity index is 374. The van der Waals surface area contributed by atoms with Crippen molar-refractivity contribution in [3.8, 4) is 0 Å². The lowest BCUT2D eigenvalue weighted by molar-refractivity contribution is 0.0778.